The Labute approximate surface area is 100 Å². The van der Waals surface area contributed by atoms with Gasteiger partial charge >= 0.3 is 0 Å². The summed E-state index contributed by atoms with van der Waals surface area (Å²) < 4.78 is 14.7. The fourth-order valence-electron chi connectivity index (χ4n) is 0.295. The van der Waals surface area contributed by atoms with E-state index in [1.165, 1.54) is 0 Å². The molecular formula is C12H38O3. The molecule has 0 aromatic heterocycles. The Morgan fingerprint density at radius 2 is 1.33 bits per heavy atom. The zero-order valence-electron chi connectivity index (χ0n) is 6.22. The molecule has 0 aliphatic rings. The van der Waals surface area contributed by atoms with Crippen LogP contribution in [0.1, 0.15) is 58.4 Å². The lowest BCUT2D eigenvalue weighted by Crippen LogP contribution is -2.12. The van der Waals surface area contributed by atoms with Gasteiger partial charge in [-0.1, -0.05) is 44.6 Å². The average Bonchev–Trinajstić information content (AvgIpc) is 1.89. The minimum absolute atomic E-state index is 0. The predicted octanol–water partition coefficient (Wildman–Crippen LogP) is 4.81. The molecule has 0 heterocycles. The standard InChI is InChI=1S/C6H14O3.6CH4/c1-4-8-5-9-6(2)7-3;;;;;;/h6H,4-5H2,1-3H3;6*1H4. The summed E-state index contributed by atoms with van der Waals surface area (Å²) in [7, 11) is 1.59. The van der Waals surface area contributed by atoms with Crippen molar-refractivity contribution in [2.45, 2.75) is 64.7 Å². The number of methoxy groups -OCH3 is 1. The van der Waals surface area contributed by atoms with Gasteiger partial charge in [0.1, 0.15) is 6.79 Å². The van der Waals surface area contributed by atoms with Crippen LogP contribution in [0.25, 0.3) is 0 Å². The van der Waals surface area contributed by atoms with Crippen molar-refractivity contribution in [1.29, 1.82) is 0 Å². The summed E-state index contributed by atoms with van der Waals surface area (Å²) in [5, 5.41) is 0. The number of ether oxygens (including phenoxy) is 3. The molecule has 3 heteroatoms. The van der Waals surface area contributed by atoms with E-state index in [-0.39, 0.29) is 50.8 Å². The molecule has 104 valence electrons. The van der Waals surface area contributed by atoms with Gasteiger partial charge in [0, 0.05) is 13.7 Å². The summed E-state index contributed by atoms with van der Waals surface area (Å²) >= 11 is 0. The van der Waals surface area contributed by atoms with Crippen LogP contribution in [-0.4, -0.2) is 26.8 Å². The quantitative estimate of drug-likeness (QED) is 0.501. The monoisotopic (exact) mass is 230 g/mol. The van der Waals surface area contributed by atoms with Gasteiger partial charge in [0.05, 0.1) is 0 Å². The smallest absolute Gasteiger partial charge is 0.157 e. The maximum atomic E-state index is 4.99. The molecule has 0 aromatic carbocycles. The normalized spacial score (nSPS) is 8.20. The average molecular weight is 230 g/mol. The summed E-state index contributed by atoms with van der Waals surface area (Å²) in [4.78, 5) is 0. The maximum absolute atomic E-state index is 4.99. The molecule has 0 saturated carbocycles. The SMILES string of the molecule is C.C.C.C.C.C.CCOCOC(C)OC. The van der Waals surface area contributed by atoms with Gasteiger partial charge in [0.15, 0.2) is 6.29 Å². The Morgan fingerprint density at radius 1 is 0.933 bits per heavy atom. The largest absolute Gasteiger partial charge is 0.356 e. The highest BCUT2D eigenvalue weighted by atomic mass is 16.7. The molecule has 0 rings (SSSR count). The summed E-state index contributed by atoms with van der Waals surface area (Å²) in [6, 6.07) is 0. The lowest BCUT2D eigenvalue weighted by Gasteiger charge is -2.09. The van der Waals surface area contributed by atoms with Crippen LogP contribution < -0.4 is 0 Å². The highest BCUT2D eigenvalue weighted by molar-refractivity contribution is 4.21. The molecule has 0 aromatic rings. The molecule has 0 aliphatic carbocycles. The van der Waals surface area contributed by atoms with Crippen LogP contribution in [-0.2, 0) is 14.2 Å². The van der Waals surface area contributed by atoms with Crippen molar-refractivity contribution in [3.05, 3.63) is 0 Å². The van der Waals surface area contributed by atoms with Crippen molar-refractivity contribution >= 4 is 0 Å². The van der Waals surface area contributed by atoms with Gasteiger partial charge in [0.25, 0.3) is 0 Å². The summed E-state index contributed by atoms with van der Waals surface area (Å²) in [5.41, 5.74) is 0. The predicted molar refractivity (Wildman–Crippen MR) is 74.4 cm³/mol. The highest BCUT2D eigenvalue weighted by Crippen LogP contribution is 1.89. The minimum Gasteiger partial charge on any atom is -0.356 e. The Kier molecular flexibility index (Phi) is 114. The Morgan fingerprint density at radius 3 is 1.60 bits per heavy atom. The summed E-state index contributed by atoms with van der Waals surface area (Å²) in [6.07, 6.45) is -0.170. The van der Waals surface area contributed by atoms with Crippen LogP contribution in [0.15, 0.2) is 0 Å². The van der Waals surface area contributed by atoms with Crippen molar-refractivity contribution in [1.82, 2.24) is 0 Å². The van der Waals surface area contributed by atoms with Crippen LogP contribution >= 0.6 is 0 Å². The van der Waals surface area contributed by atoms with E-state index in [1.54, 1.807) is 7.11 Å². The van der Waals surface area contributed by atoms with Crippen LogP contribution in [0.3, 0.4) is 0 Å². The van der Waals surface area contributed by atoms with E-state index in [4.69, 9.17) is 14.2 Å². The molecule has 0 fully saturated rings. The zero-order valence-corrected chi connectivity index (χ0v) is 6.22. The molecule has 0 saturated heterocycles. The Bertz CT molecular complexity index is 58.8. The van der Waals surface area contributed by atoms with Crippen LogP contribution in [0.2, 0.25) is 0 Å². The summed E-state index contributed by atoms with van der Waals surface area (Å²) in [5.74, 6) is 0. The Hall–Kier alpha value is -0.120. The number of rotatable bonds is 5. The van der Waals surface area contributed by atoms with Gasteiger partial charge < -0.3 is 14.2 Å². The molecule has 1 atom stereocenters. The van der Waals surface area contributed by atoms with Gasteiger partial charge in [0.2, 0.25) is 0 Å². The fraction of sp³-hybridized carbons (Fsp3) is 1.00. The highest BCUT2D eigenvalue weighted by Gasteiger charge is 1.95. The molecule has 0 aliphatic heterocycles. The lowest BCUT2D eigenvalue weighted by atomic mass is 10.8. The first-order chi connectivity index (χ1) is 4.31. The first-order valence-corrected chi connectivity index (χ1v) is 3.03. The molecule has 1 unspecified atom stereocenters. The first-order valence-electron chi connectivity index (χ1n) is 3.03. The third kappa shape index (κ3) is 41.4. The van der Waals surface area contributed by atoms with Crippen LogP contribution in [0, 0.1) is 0 Å². The third-order valence-electron chi connectivity index (χ3n) is 0.922. The molecular weight excluding hydrogens is 192 g/mol. The van der Waals surface area contributed by atoms with Crippen molar-refractivity contribution in [2.24, 2.45) is 0 Å². The molecule has 0 N–H and O–H groups in total. The van der Waals surface area contributed by atoms with Crippen molar-refractivity contribution in [3.8, 4) is 0 Å². The van der Waals surface area contributed by atoms with E-state index in [1.807, 2.05) is 13.8 Å². The van der Waals surface area contributed by atoms with E-state index in [0.717, 1.165) is 0 Å². The van der Waals surface area contributed by atoms with E-state index < -0.39 is 0 Å². The van der Waals surface area contributed by atoms with Gasteiger partial charge in [-0.2, -0.15) is 0 Å². The first kappa shape index (κ1) is 46.2. The van der Waals surface area contributed by atoms with E-state index >= 15 is 0 Å². The van der Waals surface area contributed by atoms with Gasteiger partial charge in [-0.15, -0.1) is 0 Å². The van der Waals surface area contributed by atoms with Crippen molar-refractivity contribution in [2.75, 3.05) is 20.5 Å². The second-order valence-corrected chi connectivity index (χ2v) is 1.58. The number of hydrogen-bond donors (Lipinski definition) is 0. The fourth-order valence-corrected chi connectivity index (χ4v) is 0.295. The molecule has 3 nitrogen and oxygen atoms in total. The van der Waals surface area contributed by atoms with Gasteiger partial charge in [-0.05, 0) is 13.8 Å². The van der Waals surface area contributed by atoms with Gasteiger partial charge in [-0.25, -0.2) is 0 Å². The second-order valence-electron chi connectivity index (χ2n) is 1.58. The molecule has 0 spiro atoms. The maximum Gasteiger partial charge on any atom is 0.157 e. The zero-order chi connectivity index (χ0) is 7.11. The molecule has 0 amide bonds. The topological polar surface area (TPSA) is 27.7 Å². The van der Waals surface area contributed by atoms with Crippen molar-refractivity contribution < 1.29 is 14.2 Å². The van der Waals surface area contributed by atoms with Crippen LogP contribution in [0.5, 0.6) is 0 Å². The van der Waals surface area contributed by atoms with Gasteiger partial charge in [-0.3, -0.25) is 0 Å². The lowest BCUT2D eigenvalue weighted by molar-refractivity contribution is -0.172. The second kappa shape index (κ2) is 37.1. The van der Waals surface area contributed by atoms with E-state index in [2.05, 4.69) is 0 Å². The number of hydrogen-bond acceptors (Lipinski definition) is 3. The third-order valence-corrected chi connectivity index (χ3v) is 0.922. The molecule has 0 radical (unpaired) electrons. The van der Waals surface area contributed by atoms with E-state index in [9.17, 15) is 0 Å². The van der Waals surface area contributed by atoms with E-state index in [0.29, 0.717) is 13.4 Å². The van der Waals surface area contributed by atoms with Crippen molar-refractivity contribution in [3.63, 3.8) is 0 Å². The van der Waals surface area contributed by atoms with Crippen LogP contribution in [0.4, 0.5) is 0 Å². The molecule has 15 heavy (non-hydrogen) atoms. The summed E-state index contributed by atoms with van der Waals surface area (Å²) in [6.45, 7) is 4.72. The Balaban J connectivity index is -0.0000000213. The molecule has 0 bridgehead atoms. The minimum atomic E-state index is -0.170.